The standard InChI is InChI=1S/C12H17Cl2N3/c1-12(2)5-3-4-9(12)16-11-8(14)6-7(13)10(15)17-11/h6,9H,3-5H2,1-2H3,(H3,15,16,17). The van der Waals surface area contributed by atoms with Crippen LogP contribution >= 0.6 is 23.2 Å². The Balaban J connectivity index is 2.22. The molecule has 0 aromatic carbocycles. The van der Waals surface area contributed by atoms with Crippen molar-refractivity contribution in [1.82, 2.24) is 4.98 Å². The van der Waals surface area contributed by atoms with Gasteiger partial charge in [0.05, 0.1) is 10.0 Å². The van der Waals surface area contributed by atoms with Crippen LogP contribution in [0.5, 0.6) is 0 Å². The molecule has 0 bridgehead atoms. The van der Waals surface area contributed by atoms with Crippen molar-refractivity contribution in [1.29, 1.82) is 0 Å². The van der Waals surface area contributed by atoms with E-state index >= 15 is 0 Å². The van der Waals surface area contributed by atoms with Crippen molar-refractivity contribution in [2.45, 2.75) is 39.2 Å². The lowest BCUT2D eigenvalue weighted by Gasteiger charge is -2.28. The molecule has 1 aliphatic rings. The van der Waals surface area contributed by atoms with E-state index < -0.39 is 0 Å². The maximum Gasteiger partial charge on any atom is 0.147 e. The van der Waals surface area contributed by atoms with Gasteiger partial charge >= 0.3 is 0 Å². The summed E-state index contributed by atoms with van der Waals surface area (Å²) in [6.45, 7) is 4.51. The van der Waals surface area contributed by atoms with Gasteiger partial charge in [0.15, 0.2) is 0 Å². The third-order valence-electron chi connectivity index (χ3n) is 3.52. The molecule has 1 heterocycles. The number of nitrogens with two attached hydrogens (primary N) is 1. The van der Waals surface area contributed by atoms with Crippen LogP contribution in [0.1, 0.15) is 33.1 Å². The molecular weight excluding hydrogens is 257 g/mol. The Hall–Kier alpha value is -0.670. The van der Waals surface area contributed by atoms with Crippen molar-refractivity contribution in [3.8, 4) is 0 Å². The summed E-state index contributed by atoms with van der Waals surface area (Å²) in [6, 6.07) is 2.02. The number of halogens is 2. The van der Waals surface area contributed by atoms with Gasteiger partial charge < -0.3 is 11.1 Å². The Morgan fingerprint density at radius 3 is 2.71 bits per heavy atom. The zero-order valence-corrected chi connectivity index (χ0v) is 11.6. The zero-order valence-electron chi connectivity index (χ0n) is 10.1. The van der Waals surface area contributed by atoms with Gasteiger partial charge in [-0.05, 0) is 24.3 Å². The number of hydrogen-bond donors (Lipinski definition) is 2. The van der Waals surface area contributed by atoms with Crippen LogP contribution in [0.25, 0.3) is 0 Å². The van der Waals surface area contributed by atoms with E-state index in [1.54, 1.807) is 6.07 Å². The molecular formula is C12H17Cl2N3. The van der Waals surface area contributed by atoms with E-state index in [1.807, 2.05) is 0 Å². The second-order valence-corrected chi connectivity index (χ2v) is 6.08. The quantitative estimate of drug-likeness (QED) is 0.858. The second kappa shape index (κ2) is 4.54. The monoisotopic (exact) mass is 273 g/mol. The first-order chi connectivity index (χ1) is 7.90. The van der Waals surface area contributed by atoms with E-state index in [9.17, 15) is 0 Å². The molecule has 2 rings (SSSR count). The first-order valence-electron chi connectivity index (χ1n) is 5.78. The summed E-state index contributed by atoms with van der Waals surface area (Å²) in [4.78, 5) is 4.20. The molecule has 1 aromatic rings. The average molecular weight is 274 g/mol. The number of rotatable bonds is 2. The summed E-state index contributed by atoms with van der Waals surface area (Å²) in [5.74, 6) is 0.947. The third kappa shape index (κ3) is 2.61. The maximum atomic E-state index is 6.11. The summed E-state index contributed by atoms with van der Waals surface area (Å²) in [6.07, 6.45) is 3.57. The molecule has 1 unspecified atom stereocenters. The minimum atomic E-state index is 0.263. The molecule has 5 heteroatoms. The van der Waals surface area contributed by atoms with Crippen LogP contribution in [-0.2, 0) is 0 Å². The van der Waals surface area contributed by atoms with Gasteiger partial charge in [-0.15, -0.1) is 0 Å². The van der Waals surface area contributed by atoms with Gasteiger partial charge in [-0.25, -0.2) is 4.98 Å². The van der Waals surface area contributed by atoms with Gasteiger partial charge in [-0.2, -0.15) is 0 Å². The van der Waals surface area contributed by atoms with Gasteiger partial charge in [0.1, 0.15) is 11.6 Å². The SMILES string of the molecule is CC1(C)CCCC1Nc1nc(N)c(Cl)cc1Cl. The molecule has 1 fully saturated rings. The molecule has 3 N–H and O–H groups in total. The summed E-state index contributed by atoms with van der Waals surface area (Å²) in [5.41, 5.74) is 5.95. The van der Waals surface area contributed by atoms with E-state index in [4.69, 9.17) is 28.9 Å². The lowest BCUT2D eigenvalue weighted by molar-refractivity contribution is 0.349. The van der Waals surface area contributed by atoms with Gasteiger partial charge in [0.2, 0.25) is 0 Å². The fraction of sp³-hybridized carbons (Fsp3) is 0.583. The summed E-state index contributed by atoms with van der Waals surface area (Å²) in [5, 5.41) is 4.30. The fourth-order valence-electron chi connectivity index (χ4n) is 2.34. The molecule has 17 heavy (non-hydrogen) atoms. The molecule has 94 valence electrons. The van der Waals surface area contributed by atoms with Crippen molar-refractivity contribution in [2.24, 2.45) is 5.41 Å². The van der Waals surface area contributed by atoms with E-state index in [0.29, 0.717) is 27.7 Å². The zero-order chi connectivity index (χ0) is 12.6. The highest BCUT2D eigenvalue weighted by Crippen LogP contribution is 2.40. The van der Waals surface area contributed by atoms with Crippen LogP contribution in [0.2, 0.25) is 10.0 Å². The van der Waals surface area contributed by atoms with Crippen LogP contribution in [0.4, 0.5) is 11.6 Å². The first-order valence-corrected chi connectivity index (χ1v) is 6.54. The first kappa shape index (κ1) is 12.8. The molecule has 3 nitrogen and oxygen atoms in total. The van der Waals surface area contributed by atoms with Crippen LogP contribution < -0.4 is 11.1 Å². The number of anilines is 2. The third-order valence-corrected chi connectivity index (χ3v) is 4.12. The van der Waals surface area contributed by atoms with E-state index in [-0.39, 0.29) is 5.41 Å². The molecule has 1 aromatic heterocycles. The Morgan fingerprint density at radius 2 is 2.12 bits per heavy atom. The van der Waals surface area contributed by atoms with Gasteiger partial charge in [-0.3, -0.25) is 0 Å². The molecule has 1 saturated carbocycles. The van der Waals surface area contributed by atoms with Crippen molar-refractivity contribution in [3.05, 3.63) is 16.1 Å². The number of hydrogen-bond acceptors (Lipinski definition) is 3. The number of pyridine rings is 1. The predicted octanol–water partition coefficient (Wildman–Crippen LogP) is 3.96. The molecule has 1 aliphatic carbocycles. The molecule has 0 amide bonds. The largest absolute Gasteiger partial charge is 0.382 e. The van der Waals surface area contributed by atoms with Crippen LogP contribution in [0.3, 0.4) is 0 Å². The Kier molecular flexibility index (Phi) is 3.41. The lowest BCUT2D eigenvalue weighted by Crippen LogP contribution is -2.31. The normalized spacial score (nSPS) is 22.7. The molecule has 0 spiro atoms. The Labute approximate surface area is 112 Å². The van der Waals surface area contributed by atoms with Gasteiger partial charge in [0.25, 0.3) is 0 Å². The topological polar surface area (TPSA) is 50.9 Å². The van der Waals surface area contributed by atoms with Crippen LogP contribution in [0, 0.1) is 5.41 Å². The van der Waals surface area contributed by atoms with Crippen LogP contribution in [-0.4, -0.2) is 11.0 Å². The lowest BCUT2D eigenvalue weighted by atomic mass is 9.87. The van der Waals surface area contributed by atoms with Gasteiger partial charge in [0, 0.05) is 6.04 Å². The highest BCUT2D eigenvalue weighted by molar-refractivity contribution is 6.37. The second-order valence-electron chi connectivity index (χ2n) is 5.26. The Morgan fingerprint density at radius 1 is 1.41 bits per heavy atom. The van der Waals surface area contributed by atoms with Gasteiger partial charge in [-0.1, -0.05) is 43.5 Å². The highest BCUT2D eigenvalue weighted by Gasteiger charge is 2.34. The molecule has 0 saturated heterocycles. The van der Waals surface area contributed by atoms with Crippen molar-refractivity contribution in [2.75, 3.05) is 11.1 Å². The minimum absolute atomic E-state index is 0.263. The van der Waals surface area contributed by atoms with Crippen molar-refractivity contribution < 1.29 is 0 Å². The van der Waals surface area contributed by atoms with Crippen LogP contribution in [0.15, 0.2) is 6.07 Å². The smallest absolute Gasteiger partial charge is 0.147 e. The average Bonchev–Trinajstić information content (AvgIpc) is 2.55. The Bertz CT molecular complexity index is 432. The number of nitrogens with one attached hydrogen (secondary N) is 1. The molecule has 0 radical (unpaired) electrons. The summed E-state index contributed by atoms with van der Waals surface area (Å²) < 4.78 is 0. The predicted molar refractivity (Wildman–Crippen MR) is 73.7 cm³/mol. The highest BCUT2D eigenvalue weighted by atomic mass is 35.5. The summed E-state index contributed by atoms with van der Waals surface area (Å²) >= 11 is 12.0. The number of nitrogen functional groups attached to an aromatic ring is 1. The van der Waals surface area contributed by atoms with Crippen molar-refractivity contribution in [3.63, 3.8) is 0 Å². The van der Waals surface area contributed by atoms with E-state index in [1.165, 1.54) is 12.8 Å². The van der Waals surface area contributed by atoms with Crippen molar-refractivity contribution >= 4 is 34.8 Å². The molecule has 0 aliphatic heterocycles. The van der Waals surface area contributed by atoms with E-state index in [2.05, 4.69) is 24.1 Å². The maximum absolute atomic E-state index is 6.11. The summed E-state index contributed by atoms with van der Waals surface area (Å²) in [7, 11) is 0. The van der Waals surface area contributed by atoms with E-state index in [0.717, 1.165) is 6.42 Å². The number of nitrogens with zero attached hydrogens (tertiary/aromatic N) is 1. The number of aromatic nitrogens is 1. The molecule has 1 atom stereocenters. The minimum Gasteiger partial charge on any atom is -0.382 e. The fourth-order valence-corrected chi connectivity index (χ4v) is 2.75.